The molecule has 6 nitrogen and oxygen atoms in total. The summed E-state index contributed by atoms with van der Waals surface area (Å²) in [5, 5.41) is 0. The van der Waals surface area contributed by atoms with Crippen LogP contribution < -0.4 is 15.2 Å². The number of hydrogen-bond acceptors (Lipinski definition) is 4. The van der Waals surface area contributed by atoms with Crippen LogP contribution in [-0.2, 0) is 18.4 Å². The second kappa shape index (κ2) is 5.51. The summed E-state index contributed by atoms with van der Waals surface area (Å²) in [5.74, 6) is 0.344. The van der Waals surface area contributed by atoms with Gasteiger partial charge in [-0.1, -0.05) is 19.9 Å². The van der Waals surface area contributed by atoms with Gasteiger partial charge in [-0.3, -0.25) is 9.36 Å². The first-order valence-electron chi connectivity index (χ1n) is 8.65. The van der Waals surface area contributed by atoms with Gasteiger partial charge in [-0.25, -0.2) is 0 Å². The minimum atomic E-state index is -0.531. The Morgan fingerprint density at radius 3 is 3.00 bits per heavy atom. The van der Waals surface area contributed by atoms with Gasteiger partial charge in [0.25, 0.3) is 11.9 Å². The fraction of sp³-hybridized carbons (Fsp3) is 0.474. The summed E-state index contributed by atoms with van der Waals surface area (Å²) in [4.78, 5) is 15.5. The smallest absolute Gasteiger partial charge is 0.297 e. The molecule has 1 aliphatic carbocycles. The molecule has 1 amide bonds. The van der Waals surface area contributed by atoms with E-state index in [0.717, 1.165) is 17.9 Å². The zero-order valence-corrected chi connectivity index (χ0v) is 14.8. The number of imidazole rings is 1. The van der Waals surface area contributed by atoms with Crippen molar-refractivity contribution in [1.29, 1.82) is 0 Å². The minimum Gasteiger partial charge on any atom is -0.490 e. The number of carbonyl (C=O) groups excluding carboxylic acids is 1. The number of benzene rings is 1. The van der Waals surface area contributed by atoms with Gasteiger partial charge in [-0.2, -0.15) is 4.98 Å². The van der Waals surface area contributed by atoms with Crippen molar-refractivity contribution in [3.05, 3.63) is 40.7 Å². The molecule has 132 valence electrons. The van der Waals surface area contributed by atoms with Gasteiger partial charge in [0.15, 0.2) is 11.8 Å². The third-order valence-corrected chi connectivity index (χ3v) is 5.34. The molecule has 4 rings (SSSR count). The molecule has 6 heteroatoms. The van der Waals surface area contributed by atoms with Gasteiger partial charge in [0.1, 0.15) is 12.4 Å². The van der Waals surface area contributed by atoms with Crippen molar-refractivity contribution in [2.75, 3.05) is 6.61 Å². The summed E-state index contributed by atoms with van der Waals surface area (Å²) >= 11 is 0. The first kappa shape index (κ1) is 16.0. The van der Waals surface area contributed by atoms with Crippen LogP contribution in [0.2, 0.25) is 0 Å². The molecule has 1 aliphatic heterocycles. The Labute approximate surface area is 146 Å². The van der Waals surface area contributed by atoms with E-state index in [1.54, 1.807) is 0 Å². The molecular formula is C19H23N3O3. The summed E-state index contributed by atoms with van der Waals surface area (Å²) < 4.78 is 13.6. The number of nitrogens with two attached hydrogens (primary N) is 1. The standard InChI is InChI=1S/C19H23N3O3/c1-11-16(17(20)23)21-18-22(11)9-14(25-18)10-24-13-4-5-15-12(8-13)6-7-19(15,2)3/h4-5,8,14H,6-7,9-10H2,1-3H3,(H2,20,23). The molecule has 1 atom stereocenters. The van der Waals surface area contributed by atoms with Gasteiger partial charge < -0.3 is 15.2 Å². The average molecular weight is 341 g/mol. The molecule has 0 bridgehead atoms. The largest absolute Gasteiger partial charge is 0.490 e. The molecule has 0 fully saturated rings. The van der Waals surface area contributed by atoms with Crippen LogP contribution in [0.3, 0.4) is 0 Å². The van der Waals surface area contributed by atoms with Crippen molar-refractivity contribution < 1.29 is 14.3 Å². The second-order valence-electron chi connectivity index (χ2n) is 7.56. The lowest BCUT2D eigenvalue weighted by Gasteiger charge is -2.19. The summed E-state index contributed by atoms with van der Waals surface area (Å²) in [7, 11) is 0. The maximum absolute atomic E-state index is 11.3. The molecule has 1 aromatic carbocycles. The topological polar surface area (TPSA) is 79.4 Å². The number of fused-ring (bicyclic) bond motifs is 2. The predicted molar refractivity (Wildman–Crippen MR) is 93.2 cm³/mol. The van der Waals surface area contributed by atoms with Crippen molar-refractivity contribution in [1.82, 2.24) is 9.55 Å². The highest BCUT2D eigenvalue weighted by Crippen LogP contribution is 2.39. The Balaban J connectivity index is 1.41. The van der Waals surface area contributed by atoms with Crippen LogP contribution in [0, 0.1) is 6.92 Å². The van der Waals surface area contributed by atoms with E-state index in [1.165, 1.54) is 17.5 Å². The van der Waals surface area contributed by atoms with Gasteiger partial charge in [0.2, 0.25) is 0 Å². The minimum absolute atomic E-state index is 0.118. The Morgan fingerprint density at radius 1 is 1.48 bits per heavy atom. The van der Waals surface area contributed by atoms with Crippen molar-refractivity contribution in [3.8, 4) is 11.8 Å². The summed E-state index contributed by atoms with van der Waals surface area (Å²) in [6.45, 7) is 7.45. The van der Waals surface area contributed by atoms with E-state index in [4.69, 9.17) is 15.2 Å². The molecule has 0 radical (unpaired) electrons. The number of ether oxygens (including phenoxy) is 2. The number of rotatable bonds is 4. The average Bonchev–Trinajstić information content (AvgIpc) is 3.19. The van der Waals surface area contributed by atoms with Gasteiger partial charge >= 0.3 is 0 Å². The first-order chi connectivity index (χ1) is 11.8. The fourth-order valence-electron chi connectivity index (χ4n) is 3.82. The second-order valence-corrected chi connectivity index (χ2v) is 7.56. The van der Waals surface area contributed by atoms with Crippen LogP contribution in [0.25, 0.3) is 0 Å². The molecule has 0 saturated carbocycles. The molecule has 2 N–H and O–H groups in total. The van der Waals surface area contributed by atoms with Crippen molar-refractivity contribution in [2.24, 2.45) is 5.73 Å². The zero-order valence-electron chi connectivity index (χ0n) is 14.8. The Kier molecular flexibility index (Phi) is 3.52. The predicted octanol–water partition coefficient (Wildman–Crippen LogP) is 2.35. The van der Waals surface area contributed by atoms with E-state index in [2.05, 4.69) is 31.0 Å². The summed E-state index contributed by atoms with van der Waals surface area (Å²) in [6.07, 6.45) is 2.16. The van der Waals surface area contributed by atoms with E-state index < -0.39 is 5.91 Å². The lowest BCUT2D eigenvalue weighted by Crippen LogP contribution is -2.24. The van der Waals surface area contributed by atoms with Gasteiger partial charge in [0, 0.05) is 0 Å². The molecule has 25 heavy (non-hydrogen) atoms. The molecular weight excluding hydrogens is 318 g/mol. The number of carbonyl (C=O) groups is 1. The number of amides is 1. The summed E-state index contributed by atoms with van der Waals surface area (Å²) in [5.41, 5.74) is 9.39. The Bertz CT molecular complexity index is 854. The highest BCUT2D eigenvalue weighted by molar-refractivity contribution is 5.92. The molecule has 1 unspecified atom stereocenters. The Hall–Kier alpha value is -2.50. The lowest BCUT2D eigenvalue weighted by molar-refractivity contribution is 0.0992. The van der Waals surface area contributed by atoms with Crippen molar-refractivity contribution in [2.45, 2.75) is 51.7 Å². The number of aromatic nitrogens is 2. The van der Waals surface area contributed by atoms with E-state index in [1.807, 2.05) is 17.6 Å². The van der Waals surface area contributed by atoms with Gasteiger partial charge in [-0.15, -0.1) is 0 Å². The summed E-state index contributed by atoms with van der Waals surface area (Å²) in [6, 6.07) is 6.81. The molecule has 0 spiro atoms. The zero-order chi connectivity index (χ0) is 17.8. The lowest BCUT2D eigenvalue weighted by atomic mass is 9.87. The maximum atomic E-state index is 11.3. The van der Waals surface area contributed by atoms with Crippen molar-refractivity contribution in [3.63, 3.8) is 0 Å². The van der Waals surface area contributed by atoms with E-state index in [0.29, 0.717) is 19.2 Å². The van der Waals surface area contributed by atoms with Crippen LogP contribution in [-0.4, -0.2) is 28.2 Å². The van der Waals surface area contributed by atoms with Crippen LogP contribution >= 0.6 is 0 Å². The van der Waals surface area contributed by atoms with Crippen molar-refractivity contribution >= 4 is 5.91 Å². The van der Waals surface area contributed by atoms with Crippen LogP contribution in [0.15, 0.2) is 18.2 Å². The van der Waals surface area contributed by atoms with Crippen LogP contribution in [0.5, 0.6) is 11.8 Å². The van der Waals surface area contributed by atoms with Crippen LogP contribution in [0.1, 0.15) is 47.6 Å². The molecule has 2 aliphatic rings. The molecule has 0 saturated heterocycles. The third kappa shape index (κ3) is 2.65. The number of nitrogens with zero attached hydrogens (tertiary/aromatic N) is 2. The highest BCUT2D eigenvalue weighted by atomic mass is 16.6. The number of primary amides is 1. The fourth-order valence-corrected chi connectivity index (χ4v) is 3.82. The maximum Gasteiger partial charge on any atom is 0.297 e. The van der Waals surface area contributed by atoms with Gasteiger partial charge in [-0.05, 0) is 48.4 Å². The quantitative estimate of drug-likeness (QED) is 0.926. The van der Waals surface area contributed by atoms with Crippen LogP contribution in [0.4, 0.5) is 0 Å². The SMILES string of the molecule is Cc1c(C(N)=O)nc2n1CC(COc1ccc3c(c1)CCC3(C)C)O2. The monoisotopic (exact) mass is 341 g/mol. The van der Waals surface area contributed by atoms with E-state index in [-0.39, 0.29) is 17.2 Å². The number of hydrogen-bond donors (Lipinski definition) is 1. The van der Waals surface area contributed by atoms with E-state index in [9.17, 15) is 4.79 Å². The third-order valence-electron chi connectivity index (χ3n) is 5.34. The number of aryl methyl sites for hydroxylation is 1. The molecule has 2 heterocycles. The Morgan fingerprint density at radius 2 is 2.28 bits per heavy atom. The molecule has 1 aromatic heterocycles. The molecule has 2 aromatic rings. The van der Waals surface area contributed by atoms with Gasteiger partial charge in [0.05, 0.1) is 12.2 Å². The first-order valence-corrected chi connectivity index (χ1v) is 8.65. The highest BCUT2D eigenvalue weighted by Gasteiger charge is 2.31. The van der Waals surface area contributed by atoms with E-state index >= 15 is 0 Å². The normalized spacial score (nSPS) is 20.0.